The van der Waals surface area contributed by atoms with Crippen LogP contribution >= 0.6 is 11.6 Å². The summed E-state index contributed by atoms with van der Waals surface area (Å²) in [5.41, 5.74) is 0.725. The molecule has 3 atom stereocenters. The van der Waals surface area contributed by atoms with Gasteiger partial charge in [-0.3, -0.25) is 4.90 Å². The molecule has 0 amide bonds. The maximum absolute atomic E-state index is 13.0. The van der Waals surface area contributed by atoms with Crippen molar-refractivity contribution in [2.75, 3.05) is 19.7 Å². The highest BCUT2D eigenvalue weighted by atomic mass is 35.5. The number of benzene rings is 1. The predicted octanol–water partition coefficient (Wildman–Crippen LogP) is 4.12. The summed E-state index contributed by atoms with van der Waals surface area (Å²) in [6.07, 6.45) is 3.05. The molecule has 3 nitrogen and oxygen atoms in total. The molecule has 1 aliphatic heterocycles. The van der Waals surface area contributed by atoms with Crippen LogP contribution in [0.15, 0.2) is 18.2 Å². The molecular formula is C19H27ClFNO2. The summed E-state index contributed by atoms with van der Waals surface area (Å²) in [6.45, 7) is 8.86. The van der Waals surface area contributed by atoms with Crippen LogP contribution in [0.25, 0.3) is 0 Å². The molecule has 1 saturated carbocycles. The Bertz CT molecular complexity index is 609. The lowest BCUT2D eigenvalue weighted by Gasteiger charge is -2.40. The molecule has 2 bridgehead atoms. The van der Waals surface area contributed by atoms with Crippen molar-refractivity contribution in [3.63, 3.8) is 0 Å². The first-order valence-corrected chi connectivity index (χ1v) is 9.04. The summed E-state index contributed by atoms with van der Waals surface area (Å²) in [7, 11) is 0. The third kappa shape index (κ3) is 4.04. The fraction of sp³-hybridized carbons (Fsp3) is 0.684. The topological polar surface area (TPSA) is 32.7 Å². The van der Waals surface area contributed by atoms with Crippen molar-refractivity contribution < 1.29 is 14.2 Å². The zero-order chi connectivity index (χ0) is 17.5. The van der Waals surface area contributed by atoms with E-state index in [-0.39, 0.29) is 11.6 Å². The Balaban J connectivity index is 1.55. The SMILES string of the molecule is CC1(C)C[C@H]2C[C@](C)(CN2C[C@@H](O)COc2ccc(F)cc2Cl)C1. The minimum Gasteiger partial charge on any atom is -0.489 e. The molecule has 134 valence electrons. The molecule has 0 spiro atoms. The van der Waals surface area contributed by atoms with Crippen LogP contribution in [0, 0.1) is 16.6 Å². The zero-order valence-corrected chi connectivity index (χ0v) is 15.4. The van der Waals surface area contributed by atoms with Crippen LogP contribution in [-0.4, -0.2) is 41.8 Å². The third-order valence-corrected chi connectivity index (χ3v) is 5.59. The molecule has 0 aromatic heterocycles. The number of aliphatic hydroxyl groups is 1. The van der Waals surface area contributed by atoms with Gasteiger partial charge in [-0.15, -0.1) is 0 Å². The van der Waals surface area contributed by atoms with E-state index in [9.17, 15) is 9.50 Å². The van der Waals surface area contributed by atoms with Crippen LogP contribution in [-0.2, 0) is 0 Å². The van der Waals surface area contributed by atoms with Crippen molar-refractivity contribution in [2.24, 2.45) is 10.8 Å². The van der Waals surface area contributed by atoms with Gasteiger partial charge >= 0.3 is 0 Å². The van der Waals surface area contributed by atoms with Gasteiger partial charge < -0.3 is 9.84 Å². The molecular weight excluding hydrogens is 329 g/mol. The largest absolute Gasteiger partial charge is 0.489 e. The van der Waals surface area contributed by atoms with E-state index in [1.165, 1.54) is 37.5 Å². The van der Waals surface area contributed by atoms with Crippen LogP contribution in [0.2, 0.25) is 5.02 Å². The van der Waals surface area contributed by atoms with Gasteiger partial charge in [0.2, 0.25) is 0 Å². The number of hydrogen-bond donors (Lipinski definition) is 1. The fourth-order valence-electron chi connectivity index (χ4n) is 4.89. The first kappa shape index (κ1) is 18.0. The Morgan fingerprint density at radius 2 is 2.12 bits per heavy atom. The number of fused-ring (bicyclic) bond motifs is 2. The van der Waals surface area contributed by atoms with Crippen LogP contribution in [0.3, 0.4) is 0 Å². The second kappa shape index (κ2) is 6.47. The lowest BCUT2D eigenvalue weighted by molar-refractivity contribution is 0.0585. The van der Waals surface area contributed by atoms with Gasteiger partial charge in [-0.05, 0) is 48.3 Å². The average molecular weight is 356 g/mol. The van der Waals surface area contributed by atoms with E-state index in [1.54, 1.807) is 0 Å². The molecule has 1 aromatic carbocycles. The summed E-state index contributed by atoms with van der Waals surface area (Å²) in [6, 6.07) is 4.56. The highest BCUT2D eigenvalue weighted by molar-refractivity contribution is 6.32. The Hall–Kier alpha value is -0.840. The average Bonchev–Trinajstić information content (AvgIpc) is 2.66. The van der Waals surface area contributed by atoms with Crippen LogP contribution in [0.5, 0.6) is 5.75 Å². The third-order valence-electron chi connectivity index (χ3n) is 5.29. The van der Waals surface area contributed by atoms with Gasteiger partial charge in [0.15, 0.2) is 0 Å². The summed E-state index contributed by atoms with van der Waals surface area (Å²) >= 11 is 5.95. The molecule has 1 N–H and O–H groups in total. The number of aliphatic hydroxyl groups excluding tert-OH is 1. The summed E-state index contributed by atoms with van der Waals surface area (Å²) < 4.78 is 18.6. The highest BCUT2D eigenvalue weighted by Gasteiger charge is 2.49. The minimum atomic E-state index is -0.586. The van der Waals surface area contributed by atoms with Crippen molar-refractivity contribution in [1.82, 2.24) is 4.90 Å². The van der Waals surface area contributed by atoms with Crippen molar-refractivity contribution >= 4 is 11.6 Å². The monoisotopic (exact) mass is 355 g/mol. The maximum Gasteiger partial charge on any atom is 0.138 e. The molecule has 0 radical (unpaired) electrons. The Kier molecular flexibility index (Phi) is 4.84. The number of ether oxygens (including phenoxy) is 1. The molecule has 2 aliphatic rings. The van der Waals surface area contributed by atoms with E-state index in [0.717, 1.165) is 6.54 Å². The van der Waals surface area contributed by atoms with E-state index in [4.69, 9.17) is 16.3 Å². The quantitative estimate of drug-likeness (QED) is 0.862. The van der Waals surface area contributed by atoms with E-state index >= 15 is 0 Å². The Morgan fingerprint density at radius 3 is 2.83 bits per heavy atom. The molecule has 5 heteroatoms. The first-order chi connectivity index (χ1) is 11.2. The lowest BCUT2D eigenvalue weighted by atomic mass is 9.65. The fourth-order valence-corrected chi connectivity index (χ4v) is 5.11. The Labute approximate surface area is 148 Å². The van der Waals surface area contributed by atoms with Gasteiger partial charge in [-0.25, -0.2) is 4.39 Å². The van der Waals surface area contributed by atoms with Gasteiger partial charge in [0.25, 0.3) is 0 Å². The number of halogens is 2. The van der Waals surface area contributed by atoms with Crippen LogP contribution in [0.1, 0.15) is 40.0 Å². The maximum atomic E-state index is 13.0. The molecule has 1 heterocycles. The van der Waals surface area contributed by atoms with E-state index in [2.05, 4.69) is 25.7 Å². The number of rotatable bonds is 5. The van der Waals surface area contributed by atoms with Crippen molar-refractivity contribution in [3.05, 3.63) is 29.0 Å². The van der Waals surface area contributed by atoms with Crippen molar-refractivity contribution in [1.29, 1.82) is 0 Å². The number of likely N-dealkylation sites (tertiary alicyclic amines) is 1. The number of hydrogen-bond acceptors (Lipinski definition) is 3. The van der Waals surface area contributed by atoms with Crippen LogP contribution < -0.4 is 4.74 Å². The zero-order valence-electron chi connectivity index (χ0n) is 14.7. The second-order valence-electron chi connectivity index (χ2n) is 8.68. The van der Waals surface area contributed by atoms with Crippen LogP contribution in [0.4, 0.5) is 4.39 Å². The van der Waals surface area contributed by atoms with Gasteiger partial charge in [0, 0.05) is 19.1 Å². The summed E-state index contributed by atoms with van der Waals surface area (Å²) in [4.78, 5) is 2.41. The highest BCUT2D eigenvalue weighted by Crippen LogP contribution is 2.52. The molecule has 0 unspecified atom stereocenters. The van der Waals surface area contributed by atoms with Gasteiger partial charge in [0.1, 0.15) is 24.3 Å². The molecule has 24 heavy (non-hydrogen) atoms. The minimum absolute atomic E-state index is 0.161. The van der Waals surface area contributed by atoms with E-state index < -0.39 is 11.9 Å². The molecule has 1 aliphatic carbocycles. The molecule has 3 rings (SSSR count). The standard InChI is InChI=1S/C19H27ClFNO2/c1-18(2)7-14-8-19(3,11-18)12-22(14)9-15(23)10-24-17-5-4-13(21)6-16(17)20/h4-6,14-15,23H,7-12H2,1-3H3/t14-,15+,19-/m0/s1. The number of nitrogens with zero attached hydrogens (tertiary/aromatic N) is 1. The first-order valence-electron chi connectivity index (χ1n) is 8.66. The van der Waals surface area contributed by atoms with Gasteiger partial charge in [-0.1, -0.05) is 32.4 Å². The second-order valence-corrected chi connectivity index (χ2v) is 9.09. The summed E-state index contributed by atoms with van der Waals surface area (Å²) in [5, 5.41) is 10.6. The molecule has 1 aromatic rings. The van der Waals surface area contributed by atoms with E-state index in [0.29, 0.717) is 29.2 Å². The van der Waals surface area contributed by atoms with Crippen molar-refractivity contribution in [2.45, 2.75) is 52.2 Å². The normalized spacial score (nSPS) is 30.3. The molecule has 2 fully saturated rings. The predicted molar refractivity (Wildman–Crippen MR) is 94.0 cm³/mol. The number of β-amino-alcohol motifs (C(OH)–C–C–N with tert-alkyl or cyclic N) is 1. The smallest absolute Gasteiger partial charge is 0.138 e. The lowest BCUT2D eigenvalue weighted by Crippen LogP contribution is -2.39. The van der Waals surface area contributed by atoms with Gasteiger partial charge in [0.05, 0.1) is 5.02 Å². The Morgan fingerprint density at radius 1 is 1.38 bits per heavy atom. The molecule has 1 saturated heterocycles. The van der Waals surface area contributed by atoms with Crippen molar-refractivity contribution in [3.8, 4) is 5.75 Å². The van der Waals surface area contributed by atoms with E-state index in [1.807, 2.05) is 0 Å². The van der Waals surface area contributed by atoms with Gasteiger partial charge in [-0.2, -0.15) is 0 Å². The summed E-state index contributed by atoms with van der Waals surface area (Å²) in [5.74, 6) is 0.0125.